The molecule has 0 radical (unpaired) electrons. The fourth-order valence-corrected chi connectivity index (χ4v) is 5.88. The maximum atomic E-state index is 13.1. The van der Waals surface area contributed by atoms with E-state index in [0.29, 0.717) is 23.1 Å². The molecule has 0 aromatic heterocycles. The van der Waals surface area contributed by atoms with Crippen molar-refractivity contribution in [2.45, 2.75) is 37.1 Å². The van der Waals surface area contributed by atoms with E-state index in [2.05, 4.69) is 21.2 Å². The zero-order valence-electron chi connectivity index (χ0n) is 16.7. The van der Waals surface area contributed by atoms with Gasteiger partial charge in [0.2, 0.25) is 11.8 Å². The van der Waals surface area contributed by atoms with Crippen molar-refractivity contribution in [1.29, 1.82) is 0 Å². The van der Waals surface area contributed by atoms with E-state index < -0.39 is 15.7 Å². The molecular formula is C22H22BrFN2O4S. The molecule has 1 fully saturated rings. The van der Waals surface area contributed by atoms with E-state index in [4.69, 9.17) is 0 Å². The highest BCUT2D eigenvalue weighted by Gasteiger charge is 2.39. The molecule has 9 heteroatoms. The molecular weight excluding hydrogens is 487 g/mol. The number of hydrogen-bond acceptors (Lipinski definition) is 4. The molecule has 31 heavy (non-hydrogen) atoms. The van der Waals surface area contributed by atoms with Crippen molar-refractivity contribution in [1.82, 2.24) is 5.32 Å². The van der Waals surface area contributed by atoms with Crippen molar-refractivity contribution in [3.05, 3.63) is 57.8 Å². The van der Waals surface area contributed by atoms with Crippen LogP contribution in [0.3, 0.4) is 0 Å². The number of amides is 2. The highest BCUT2D eigenvalue weighted by molar-refractivity contribution is 9.10. The topological polar surface area (TPSA) is 83.6 Å². The van der Waals surface area contributed by atoms with Gasteiger partial charge in [-0.3, -0.25) is 9.59 Å². The van der Waals surface area contributed by atoms with E-state index >= 15 is 0 Å². The Hall–Kier alpha value is -2.26. The van der Waals surface area contributed by atoms with E-state index in [1.165, 1.54) is 18.2 Å². The molecule has 1 heterocycles. The van der Waals surface area contributed by atoms with Gasteiger partial charge >= 0.3 is 0 Å². The van der Waals surface area contributed by atoms with Crippen LogP contribution < -0.4 is 10.2 Å². The Balaban J connectivity index is 1.46. The number of rotatable bonds is 7. The zero-order valence-corrected chi connectivity index (χ0v) is 19.1. The number of nitrogens with zero attached hydrogens (tertiary/aromatic N) is 1. The van der Waals surface area contributed by atoms with Crippen LogP contribution in [0.25, 0.3) is 0 Å². The Morgan fingerprint density at radius 1 is 1.16 bits per heavy atom. The molecule has 164 valence electrons. The highest BCUT2D eigenvalue weighted by Crippen LogP contribution is 2.41. The standard InChI is InChI=1S/C22H22BrFN2O4S/c23-17-11-16-7-9-26(22(28)15-3-4-15)21(16)19(12-17)31(29,30)10-8-20(27)25-13-14-1-5-18(24)6-2-14/h1-2,5-6,11-12,15H,3-4,7-10,13H2,(H,25,27). The van der Waals surface area contributed by atoms with Gasteiger partial charge in [0.1, 0.15) is 5.82 Å². The number of nitrogens with one attached hydrogen (secondary N) is 1. The van der Waals surface area contributed by atoms with Gasteiger partial charge in [-0.1, -0.05) is 28.1 Å². The predicted octanol–water partition coefficient (Wildman–Crippen LogP) is 3.37. The Bertz CT molecular complexity index is 1130. The summed E-state index contributed by atoms with van der Waals surface area (Å²) in [5.41, 5.74) is 2.01. The first-order chi connectivity index (χ1) is 14.7. The maximum Gasteiger partial charge on any atom is 0.230 e. The number of anilines is 1. The van der Waals surface area contributed by atoms with Gasteiger partial charge < -0.3 is 10.2 Å². The molecule has 2 amide bonds. The minimum Gasteiger partial charge on any atom is -0.352 e. The summed E-state index contributed by atoms with van der Waals surface area (Å²) in [7, 11) is -3.80. The predicted molar refractivity (Wildman–Crippen MR) is 118 cm³/mol. The second-order valence-electron chi connectivity index (χ2n) is 7.90. The van der Waals surface area contributed by atoms with Gasteiger partial charge in [0, 0.05) is 29.9 Å². The van der Waals surface area contributed by atoms with Crippen molar-refractivity contribution in [2.24, 2.45) is 5.92 Å². The number of hydrogen-bond donors (Lipinski definition) is 1. The van der Waals surface area contributed by atoms with E-state index in [-0.39, 0.29) is 41.3 Å². The van der Waals surface area contributed by atoms with Gasteiger partial charge in [0.15, 0.2) is 9.84 Å². The number of carbonyl (C=O) groups excluding carboxylic acids is 2. The van der Waals surface area contributed by atoms with Gasteiger partial charge in [0.05, 0.1) is 16.3 Å². The molecule has 0 unspecified atom stereocenters. The van der Waals surface area contributed by atoms with Crippen LogP contribution in [0.2, 0.25) is 0 Å². The van der Waals surface area contributed by atoms with Crippen LogP contribution in [0.4, 0.5) is 10.1 Å². The van der Waals surface area contributed by atoms with Crippen molar-refractivity contribution < 1.29 is 22.4 Å². The third-order valence-electron chi connectivity index (χ3n) is 5.52. The third-order valence-corrected chi connectivity index (χ3v) is 7.70. The molecule has 1 aliphatic heterocycles. The lowest BCUT2D eigenvalue weighted by Crippen LogP contribution is -2.31. The summed E-state index contributed by atoms with van der Waals surface area (Å²) < 4.78 is 39.9. The van der Waals surface area contributed by atoms with Crippen molar-refractivity contribution >= 4 is 43.3 Å². The normalized spacial score (nSPS) is 15.6. The first-order valence-electron chi connectivity index (χ1n) is 10.1. The molecule has 4 rings (SSSR count). The lowest BCUT2D eigenvalue weighted by molar-refractivity contribution is -0.121. The summed E-state index contributed by atoms with van der Waals surface area (Å²) in [5.74, 6) is -1.17. The average Bonchev–Trinajstić information content (AvgIpc) is 3.50. The number of halogens is 2. The molecule has 1 aliphatic carbocycles. The van der Waals surface area contributed by atoms with E-state index in [1.54, 1.807) is 17.0 Å². The van der Waals surface area contributed by atoms with Gasteiger partial charge in [-0.05, 0) is 54.7 Å². The summed E-state index contributed by atoms with van der Waals surface area (Å²) in [4.78, 5) is 26.6. The van der Waals surface area contributed by atoms with Gasteiger partial charge in [0.25, 0.3) is 0 Å². The molecule has 2 aromatic rings. The van der Waals surface area contributed by atoms with Crippen LogP contribution in [-0.2, 0) is 32.4 Å². The van der Waals surface area contributed by atoms with Crippen LogP contribution in [0, 0.1) is 11.7 Å². The van der Waals surface area contributed by atoms with E-state index in [9.17, 15) is 22.4 Å². The van der Waals surface area contributed by atoms with Crippen LogP contribution in [0.1, 0.15) is 30.4 Å². The minimum atomic E-state index is -3.80. The largest absolute Gasteiger partial charge is 0.352 e. The second kappa shape index (κ2) is 8.70. The Morgan fingerprint density at radius 3 is 2.55 bits per heavy atom. The smallest absolute Gasteiger partial charge is 0.230 e. The molecule has 6 nitrogen and oxygen atoms in total. The van der Waals surface area contributed by atoms with Gasteiger partial charge in [-0.2, -0.15) is 0 Å². The summed E-state index contributed by atoms with van der Waals surface area (Å²) in [6.07, 6.45) is 2.09. The maximum absolute atomic E-state index is 13.1. The third kappa shape index (κ3) is 4.98. The number of carbonyl (C=O) groups is 2. The number of sulfone groups is 1. The molecule has 2 aromatic carbocycles. The lowest BCUT2D eigenvalue weighted by Gasteiger charge is -2.20. The molecule has 0 spiro atoms. The second-order valence-corrected chi connectivity index (χ2v) is 10.9. The van der Waals surface area contributed by atoms with Gasteiger partial charge in [-0.25, -0.2) is 12.8 Å². The monoisotopic (exact) mass is 508 g/mol. The van der Waals surface area contributed by atoms with Crippen molar-refractivity contribution in [3.63, 3.8) is 0 Å². The lowest BCUT2D eigenvalue weighted by atomic mass is 10.2. The molecule has 0 atom stereocenters. The first-order valence-corrected chi connectivity index (χ1v) is 12.6. The quantitative estimate of drug-likeness (QED) is 0.621. The zero-order chi connectivity index (χ0) is 22.2. The summed E-state index contributed by atoms with van der Waals surface area (Å²) in [6, 6.07) is 9.08. The Labute approximate surface area is 188 Å². The van der Waals surface area contributed by atoms with E-state index in [1.807, 2.05) is 6.07 Å². The first kappa shape index (κ1) is 22.0. The Kier molecular flexibility index (Phi) is 6.16. The molecule has 0 saturated heterocycles. The highest BCUT2D eigenvalue weighted by atomic mass is 79.9. The summed E-state index contributed by atoms with van der Waals surface area (Å²) in [6.45, 7) is 0.664. The fourth-order valence-electron chi connectivity index (χ4n) is 3.71. The number of fused-ring (bicyclic) bond motifs is 1. The number of benzene rings is 2. The average molecular weight is 509 g/mol. The van der Waals surface area contributed by atoms with Crippen LogP contribution in [-0.4, -0.2) is 32.5 Å². The molecule has 0 bridgehead atoms. The van der Waals surface area contributed by atoms with Crippen LogP contribution in [0.5, 0.6) is 0 Å². The van der Waals surface area contributed by atoms with E-state index in [0.717, 1.165) is 24.0 Å². The van der Waals surface area contributed by atoms with Crippen molar-refractivity contribution in [3.8, 4) is 0 Å². The van der Waals surface area contributed by atoms with Gasteiger partial charge in [-0.15, -0.1) is 0 Å². The molecule has 1 saturated carbocycles. The van der Waals surface area contributed by atoms with Crippen molar-refractivity contribution in [2.75, 3.05) is 17.2 Å². The summed E-state index contributed by atoms with van der Waals surface area (Å²) >= 11 is 3.37. The molecule has 1 N–H and O–H groups in total. The Morgan fingerprint density at radius 2 is 1.87 bits per heavy atom. The minimum absolute atomic E-state index is 0.0117. The molecule has 2 aliphatic rings. The SMILES string of the molecule is O=C(CCS(=O)(=O)c1cc(Br)cc2c1N(C(=O)C1CC1)CC2)NCc1ccc(F)cc1. The fraction of sp³-hybridized carbons (Fsp3) is 0.364. The van der Waals surface area contributed by atoms with Crippen LogP contribution in [0.15, 0.2) is 45.8 Å². The summed E-state index contributed by atoms with van der Waals surface area (Å²) in [5, 5.41) is 2.66. The van der Waals surface area contributed by atoms with Crippen LogP contribution >= 0.6 is 15.9 Å².